The fourth-order valence-corrected chi connectivity index (χ4v) is 3.12. The molecule has 1 aliphatic heterocycles. The molecular formula is C18H26N2O2. The molecule has 0 bridgehead atoms. The van der Waals surface area contributed by atoms with Crippen molar-refractivity contribution in [3.63, 3.8) is 0 Å². The Bertz CT molecular complexity index is 550. The number of allylic oxidation sites excluding steroid dienone is 1. The number of aliphatic hydroxyl groups is 1. The van der Waals surface area contributed by atoms with Crippen LogP contribution in [0.4, 0.5) is 5.82 Å². The lowest BCUT2D eigenvalue weighted by atomic mass is 9.86. The minimum absolute atomic E-state index is 0.165. The van der Waals surface area contributed by atoms with E-state index in [4.69, 9.17) is 4.74 Å². The molecule has 0 saturated heterocycles. The molecule has 1 aromatic rings. The molecule has 2 aliphatic rings. The quantitative estimate of drug-likeness (QED) is 0.906. The molecule has 1 saturated carbocycles. The molecule has 0 amide bonds. The molecule has 1 N–H and O–H groups in total. The van der Waals surface area contributed by atoms with Crippen LogP contribution in [0.1, 0.15) is 45.1 Å². The van der Waals surface area contributed by atoms with E-state index < -0.39 is 0 Å². The third kappa shape index (κ3) is 3.12. The molecule has 120 valence electrons. The van der Waals surface area contributed by atoms with E-state index in [2.05, 4.69) is 36.4 Å². The summed E-state index contributed by atoms with van der Waals surface area (Å²) in [5, 5.41) is 9.57. The average Bonchev–Trinajstić information content (AvgIpc) is 2.44. The zero-order valence-electron chi connectivity index (χ0n) is 13.6. The van der Waals surface area contributed by atoms with E-state index in [0.717, 1.165) is 56.0 Å². The Kier molecular flexibility index (Phi) is 4.39. The lowest BCUT2D eigenvalue weighted by Gasteiger charge is -2.44. The van der Waals surface area contributed by atoms with Crippen LogP contribution in [0.2, 0.25) is 0 Å². The largest absolute Gasteiger partial charge is 0.492 e. The maximum atomic E-state index is 9.57. The predicted molar refractivity (Wildman–Crippen MR) is 88.2 cm³/mol. The topological polar surface area (TPSA) is 45.6 Å². The van der Waals surface area contributed by atoms with Crippen LogP contribution in [0.25, 0.3) is 0 Å². The van der Waals surface area contributed by atoms with Crippen LogP contribution in [-0.2, 0) is 6.42 Å². The van der Waals surface area contributed by atoms with E-state index in [1.807, 2.05) is 6.20 Å². The standard InChI is InChI=1S/C18H26N2O2/c1-12(2)6-7-22-17-8-14-5-4-13(3)20(18(14)19-11-17)15-9-16(21)10-15/h8,11-12,15-16,21H,3-7,9-10H2,1-2H3/t15-,16+. The Morgan fingerprint density at radius 3 is 2.86 bits per heavy atom. The fourth-order valence-electron chi connectivity index (χ4n) is 3.12. The van der Waals surface area contributed by atoms with Crippen LogP contribution in [-0.4, -0.2) is 28.8 Å². The van der Waals surface area contributed by atoms with Crippen LogP contribution < -0.4 is 9.64 Å². The van der Waals surface area contributed by atoms with Crippen molar-refractivity contribution in [2.45, 2.75) is 58.1 Å². The number of anilines is 1. The first-order valence-electron chi connectivity index (χ1n) is 8.31. The number of fused-ring (bicyclic) bond motifs is 1. The fraction of sp³-hybridized carbons (Fsp3) is 0.611. The van der Waals surface area contributed by atoms with Gasteiger partial charge in [-0.15, -0.1) is 0 Å². The molecule has 1 fully saturated rings. The summed E-state index contributed by atoms with van der Waals surface area (Å²) in [4.78, 5) is 6.86. The molecule has 0 radical (unpaired) electrons. The van der Waals surface area contributed by atoms with Crippen LogP contribution in [0, 0.1) is 5.92 Å². The molecule has 0 unspecified atom stereocenters. The molecule has 22 heavy (non-hydrogen) atoms. The van der Waals surface area contributed by atoms with Gasteiger partial charge in [-0.2, -0.15) is 0 Å². The Hall–Kier alpha value is -1.55. The summed E-state index contributed by atoms with van der Waals surface area (Å²) in [5.74, 6) is 2.51. The molecule has 1 aliphatic carbocycles. The lowest BCUT2D eigenvalue weighted by Crippen LogP contribution is -2.48. The Labute approximate surface area is 132 Å². The minimum Gasteiger partial charge on any atom is -0.492 e. The number of pyridine rings is 1. The van der Waals surface area contributed by atoms with Crippen molar-refractivity contribution in [3.8, 4) is 5.75 Å². The van der Waals surface area contributed by atoms with Crippen LogP contribution >= 0.6 is 0 Å². The highest BCUT2D eigenvalue weighted by molar-refractivity contribution is 5.58. The zero-order chi connectivity index (χ0) is 15.7. The number of aromatic nitrogens is 1. The average molecular weight is 302 g/mol. The van der Waals surface area contributed by atoms with Gasteiger partial charge in [0, 0.05) is 11.7 Å². The summed E-state index contributed by atoms with van der Waals surface area (Å²) >= 11 is 0. The number of hydrogen-bond donors (Lipinski definition) is 1. The number of aliphatic hydroxyl groups excluding tert-OH is 1. The highest BCUT2D eigenvalue weighted by Crippen LogP contribution is 2.39. The van der Waals surface area contributed by atoms with Crippen LogP contribution in [0.5, 0.6) is 5.75 Å². The predicted octanol–water partition coefficient (Wildman–Crippen LogP) is 3.30. The highest BCUT2D eigenvalue weighted by atomic mass is 16.5. The molecule has 2 heterocycles. The van der Waals surface area contributed by atoms with E-state index in [1.165, 1.54) is 5.56 Å². The summed E-state index contributed by atoms with van der Waals surface area (Å²) in [6.07, 6.45) is 6.26. The van der Waals surface area contributed by atoms with Crippen molar-refractivity contribution >= 4 is 5.82 Å². The summed E-state index contributed by atoms with van der Waals surface area (Å²) in [7, 11) is 0. The third-order valence-electron chi connectivity index (χ3n) is 4.59. The van der Waals surface area contributed by atoms with Crippen molar-refractivity contribution < 1.29 is 9.84 Å². The second-order valence-electron chi connectivity index (χ2n) is 6.90. The summed E-state index contributed by atoms with van der Waals surface area (Å²) < 4.78 is 5.82. The van der Waals surface area contributed by atoms with Crippen molar-refractivity contribution in [3.05, 3.63) is 30.1 Å². The number of hydrogen-bond acceptors (Lipinski definition) is 4. The summed E-state index contributed by atoms with van der Waals surface area (Å²) in [6.45, 7) is 9.33. The van der Waals surface area contributed by atoms with Gasteiger partial charge in [-0.25, -0.2) is 4.98 Å². The SMILES string of the molecule is C=C1CCc2cc(OCCC(C)C)cnc2N1[C@H]1C[C@@H](O)C1. The number of rotatable bonds is 5. The molecule has 0 aromatic carbocycles. The van der Waals surface area contributed by atoms with Crippen molar-refractivity contribution in [1.82, 2.24) is 4.98 Å². The van der Waals surface area contributed by atoms with Crippen molar-refractivity contribution in [1.29, 1.82) is 0 Å². The van der Waals surface area contributed by atoms with Crippen LogP contribution in [0.3, 0.4) is 0 Å². The molecule has 0 atom stereocenters. The van der Waals surface area contributed by atoms with Crippen molar-refractivity contribution in [2.24, 2.45) is 5.92 Å². The van der Waals surface area contributed by atoms with Gasteiger partial charge in [-0.3, -0.25) is 0 Å². The monoisotopic (exact) mass is 302 g/mol. The van der Waals surface area contributed by atoms with Gasteiger partial charge in [0.25, 0.3) is 0 Å². The summed E-state index contributed by atoms with van der Waals surface area (Å²) in [5.41, 5.74) is 2.35. The number of aryl methyl sites for hydroxylation is 1. The molecule has 0 spiro atoms. The van der Waals surface area contributed by atoms with E-state index in [-0.39, 0.29) is 6.10 Å². The van der Waals surface area contributed by atoms with Gasteiger partial charge in [0.15, 0.2) is 0 Å². The van der Waals surface area contributed by atoms with Gasteiger partial charge in [0.1, 0.15) is 11.6 Å². The first-order valence-corrected chi connectivity index (χ1v) is 8.31. The van der Waals surface area contributed by atoms with E-state index in [9.17, 15) is 5.11 Å². The van der Waals surface area contributed by atoms with Gasteiger partial charge in [-0.05, 0) is 49.7 Å². The highest BCUT2D eigenvalue weighted by Gasteiger charge is 2.36. The van der Waals surface area contributed by atoms with Crippen molar-refractivity contribution in [2.75, 3.05) is 11.5 Å². The molecule has 4 heteroatoms. The first-order chi connectivity index (χ1) is 10.5. The minimum atomic E-state index is -0.165. The van der Waals surface area contributed by atoms with Gasteiger partial charge >= 0.3 is 0 Å². The third-order valence-corrected chi connectivity index (χ3v) is 4.59. The normalized spacial score (nSPS) is 24.2. The molecule has 1 aromatic heterocycles. The Morgan fingerprint density at radius 1 is 1.41 bits per heavy atom. The second kappa shape index (κ2) is 6.29. The molecule has 3 rings (SSSR count). The Morgan fingerprint density at radius 2 is 2.18 bits per heavy atom. The zero-order valence-corrected chi connectivity index (χ0v) is 13.6. The lowest BCUT2D eigenvalue weighted by molar-refractivity contribution is 0.0748. The Balaban J connectivity index is 1.73. The number of ether oxygens (including phenoxy) is 1. The molecular weight excluding hydrogens is 276 g/mol. The van der Waals surface area contributed by atoms with E-state index in [0.29, 0.717) is 12.0 Å². The smallest absolute Gasteiger partial charge is 0.138 e. The van der Waals surface area contributed by atoms with E-state index >= 15 is 0 Å². The maximum Gasteiger partial charge on any atom is 0.138 e. The second-order valence-corrected chi connectivity index (χ2v) is 6.90. The van der Waals surface area contributed by atoms with Gasteiger partial charge in [0.2, 0.25) is 0 Å². The van der Waals surface area contributed by atoms with Crippen LogP contribution in [0.15, 0.2) is 24.5 Å². The van der Waals surface area contributed by atoms with Gasteiger partial charge in [-0.1, -0.05) is 20.4 Å². The van der Waals surface area contributed by atoms with Gasteiger partial charge < -0.3 is 14.7 Å². The summed E-state index contributed by atoms with van der Waals surface area (Å²) in [6, 6.07) is 2.47. The first kappa shape index (κ1) is 15.3. The van der Waals surface area contributed by atoms with E-state index in [1.54, 1.807) is 0 Å². The number of nitrogens with zero attached hydrogens (tertiary/aromatic N) is 2. The van der Waals surface area contributed by atoms with Gasteiger partial charge in [0.05, 0.1) is 18.9 Å². The molecule has 4 nitrogen and oxygen atoms in total. The maximum absolute atomic E-state index is 9.57.